The van der Waals surface area contributed by atoms with E-state index < -0.39 is 11.6 Å². The first-order valence-corrected chi connectivity index (χ1v) is 6.11. The third kappa shape index (κ3) is 1.73. The Bertz CT molecular complexity index is 737. The Morgan fingerprint density at radius 3 is 2.78 bits per heavy atom. The van der Waals surface area contributed by atoms with Crippen LogP contribution in [0.2, 0.25) is 0 Å². The standard InChI is InChI=1S/C13H8F2N2S/c14-8-1-2-9(11(15)4-8)7-3-10-12(16)6-18-13(10)17-5-7/h1-6H,16H2. The average molecular weight is 262 g/mol. The Morgan fingerprint density at radius 2 is 2.00 bits per heavy atom. The molecule has 90 valence electrons. The number of aromatic nitrogens is 1. The first kappa shape index (κ1) is 11.1. The summed E-state index contributed by atoms with van der Waals surface area (Å²) in [6, 6.07) is 5.25. The molecule has 0 spiro atoms. The minimum absolute atomic E-state index is 0.316. The molecular formula is C13H8F2N2S. The number of halogens is 2. The number of hydrogen-bond donors (Lipinski definition) is 1. The molecule has 3 rings (SSSR count). The van der Waals surface area contributed by atoms with Crippen LogP contribution in [0, 0.1) is 11.6 Å². The summed E-state index contributed by atoms with van der Waals surface area (Å²) >= 11 is 1.43. The number of fused-ring (bicyclic) bond motifs is 1. The zero-order valence-corrected chi connectivity index (χ0v) is 9.97. The lowest BCUT2D eigenvalue weighted by molar-refractivity contribution is 0.585. The molecule has 3 aromatic rings. The number of nitrogens with zero attached hydrogens (tertiary/aromatic N) is 1. The Hall–Kier alpha value is -2.01. The smallest absolute Gasteiger partial charge is 0.133 e. The van der Waals surface area contributed by atoms with Crippen molar-refractivity contribution in [2.75, 3.05) is 5.73 Å². The van der Waals surface area contributed by atoms with E-state index in [1.807, 2.05) is 0 Å². The van der Waals surface area contributed by atoms with Gasteiger partial charge in [-0.25, -0.2) is 13.8 Å². The van der Waals surface area contributed by atoms with Crippen LogP contribution < -0.4 is 5.73 Å². The molecule has 0 fully saturated rings. The van der Waals surface area contributed by atoms with Crippen molar-refractivity contribution < 1.29 is 8.78 Å². The van der Waals surface area contributed by atoms with Crippen molar-refractivity contribution in [1.82, 2.24) is 4.98 Å². The van der Waals surface area contributed by atoms with E-state index in [2.05, 4.69) is 4.98 Å². The largest absolute Gasteiger partial charge is 0.398 e. The van der Waals surface area contributed by atoms with Gasteiger partial charge < -0.3 is 5.73 Å². The zero-order chi connectivity index (χ0) is 12.7. The SMILES string of the molecule is Nc1csc2ncc(-c3ccc(F)cc3F)cc12. The summed E-state index contributed by atoms with van der Waals surface area (Å²) in [5.41, 5.74) is 7.32. The van der Waals surface area contributed by atoms with Crippen molar-refractivity contribution in [1.29, 1.82) is 0 Å². The Morgan fingerprint density at radius 1 is 1.17 bits per heavy atom. The van der Waals surface area contributed by atoms with E-state index in [1.54, 1.807) is 17.6 Å². The van der Waals surface area contributed by atoms with Crippen LogP contribution in [0.1, 0.15) is 0 Å². The highest BCUT2D eigenvalue weighted by atomic mass is 32.1. The van der Waals surface area contributed by atoms with Gasteiger partial charge in [-0.15, -0.1) is 11.3 Å². The summed E-state index contributed by atoms with van der Waals surface area (Å²) in [5, 5.41) is 2.59. The summed E-state index contributed by atoms with van der Waals surface area (Å²) in [6.07, 6.45) is 1.56. The van der Waals surface area contributed by atoms with Crippen LogP contribution in [0.5, 0.6) is 0 Å². The van der Waals surface area contributed by atoms with E-state index in [0.717, 1.165) is 16.3 Å². The number of rotatable bonds is 1. The van der Waals surface area contributed by atoms with Crippen LogP contribution in [-0.4, -0.2) is 4.98 Å². The molecule has 0 radical (unpaired) electrons. The number of hydrogen-bond acceptors (Lipinski definition) is 3. The molecule has 0 aliphatic rings. The van der Waals surface area contributed by atoms with Crippen molar-refractivity contribution in [2.45, 2.75) is 0 Å². The topological polar surface area (TPSA) is 38.9 Å². The van der Waals surface area contributed by atoms with Gasteiger partial charge in [-0.05, 0) is 18.2 Å². The van der Waals surface area contributed by atoms with Crippen molar-refractivity contribution >= 4 is 27.2 Å². The molecule has 0 saturated heterocycles. The van der Waals surface area contributed by atoms with Gasteiger partial charge in [0.1, 0.15) is 16.5 Å². The molecule has 0 bridgehead atoms. The van der Waals surface area contributed by atoms with Crippen molar-refractivity contribution in [3.8, 4) is 11.1 Å². The lowest BCUT2D eigenvalue weighted by atomic mass is 10.1. The van der Waals surface area contributed by atoms with Crippen LogP contribution in [0.3, 0.4) is 0 Å². The van der Waals surface area contributed by atoms with Gasteiger partial charge in [0.2, 0.25) is 0 Å². The highest BCUT2D eigenvalue weighted by Crippen LogP contribution is 2.31. The predicted octanol–water partition coefficient (Wildman–Crippen LogP) is 3.82. The molecule has 2 nitrogen and oxygen atoms in total. The molecular weight excluding hydrogens is 254 g/mol. The number of nitrogen functional groups attached to an aromatic ring is 1. The lowest BCUT2D eigenvalue weighted by Crippen LogP contribution is -1.88. The molecule has 2 heterocycles. The van der Waals surface area contributed by atoms with E-state index in [9.17, 15) is 8.78 Å². The zero-order valence-electron chi connectivity index (χ0n) is 9.15. The minimum Gasteiger partial charge on any atom is -0.398 e. The number of anilines is 1. The maximum absolute atomic E-state index is 13.7. The van der Waals surface area contributed by atoms with E-state index in [0.29, 0.717) is 16.8 Å². The average Bonchev–Trinajstić information content (AvgIpc) is 2.71. The van der Waals surface area contributed by atoms with Crippen LogP contribution in [0.15, 0.2) is 35.8 Å². The molecule has 0 aliphatic heterocycles. The monoisotopic (exact) mass is 262 g/mol. The van der Waals surface area contributed by atoms with Gasteiger partial charge in [-0.1, -0.05) is 0 Å². The first-order chi connectivity index (χ1) is 8.65. The number of benzene rings is 1. The molecule has 0 saturated carbocycles. The maximum Gasteiger partial charge on any atom is 0.133 e. The second-order valence-corrected chi connectivity index (χ2v) is 4.75. The summed E-state index contributed by atoms with van der Waals surface area (Å²) in [6.45, 7) is 0. The molecule has 2 aromatic heterocycles. The highest BCUT2D eigenvalue weighted by Gasteiger charge is 2.09. The molecule has 0 unspecified atom stereocenters. The van der Waals surface area contributed by atoms with Gasteiger partial charge in [0.25, 0.3) is 0 Å². The maximum atomic E-state index is 13.7. The molecule has 0 atom stereocenters. The highest BCUT2D eigenvalue weighted by molar-refractivity contribution is 7.17. The Labute approximate surface area is 106 Å². The summed E-state index contributed by atoms with van der Waals surface area (Å²) < 4.78 is 26.5. The van der Waals surface area contributed by atoms with Gasteiger partial charge in [-0.2, -0.15) is 0 Å². The second kappa shape index (κ2) is 4.03. The van der Waals surface area contributed by atoms with E-state index in [4.69, 9.17) is 5.73 Å². The Balaban J connectivity index is 2.21. The van der Waals surface area contributed by atoms with Crippen LogP contribution >= 0.6 is 11.3 Å². The van der Waals surface area contributed by atoms with E-state index >= 15 is 0 Å². The van der Waals surface area contributed by atoms with Gasteiger partial charge in [0.05, 0.1) is 5.69 Å². The molecule has 18 heavy (non-hydrogen) atoms. The first-order valence-electron chi connectivity index (χ1n) is 5.23. The number of pyridine rings is 1. The van der Waals surface area contributed by atoms with E-state index in [1.165, 1.54) is 23.5 Å². The van der Waals surface area contributed by atoms with Crippen molar-refractivity contribution in [3.05, 3.63) is 47.5 Å². The fraction of sp³-hybridized carbons (Fsp3) is 0. The molecule has 0 amide bonds. The van der Waals surface area contributed by atoms with Crippen molar-refractivity contribution in [3.63, 3.8) is 0 Å². The summed E-state index contributed by atoms with van der Waals surface area (Å²) in [4.78, 5) is 5.02. The number of thiophene rings is 1. The summed E-state index contributed by atoms with van der Waals surface area (Å²) in [5.74, 6) is -1.20. The van der Waals surface area contributed by atoms with Crippen LogP contribution in [-0.2, 0) is 0 Å². The van der Waals surface area contributed by atoms with E-state index in [-0.39, 0.29) is 0 Å². The molecule has 1 aromatic carbocycles. The third-order valence-electron chi connectivity index (χ3n) is 2.70. The van der Waals surface area contributed by atoms with Gasteiger partial charge in [0, 0.05) is 34.2 Å². The molecule has 2 N–H and O–H groups in total. The normalized spacial score (nSPS) is 11.0. The summed E-state index contributed by atoms with van der Waals surface area (Å²) in [7, 11) is 0. The van der Waals surface area contributed by atoms with Gasteiger partial charge in [0.15, 0.2) is 0 Å². The van der Waals surface area contributed by atoms with Crippen molar-refractivity contribution in [2.24, 2.45) is 0 Å². The number of nitrogens with two attached hydrogens (primary N) is 1. The molecule has 5 heteroatoms. The second-order valence-electron chi connectivity index (χ2n) is 3.89. The lowest BCUT2D eigenvalue weighted by Gasteiger charge is -2.03. The van der Waals surface area contributed by atoms with Crippen LogP contribution in [0.25, 0.3) is 21.3 Å². The quantitative estimate of drug-likeness (QED) is 0.724. The van der Waals surface area contributed by atoms with Gasteiger partial charge >= 0.3 is 0 Å². The van der Waals surface area contributed by atoms with Gasteiger partial charge in [-0.3, -0.25) is 0 Å². The predicted molar refractivity (Wildman–Crippen MR) is 69.4 cm³/mol. The third-order valence-corrected chi connectivity index (χ3v) is 3.62. The Kier molecular flexibility index (Phi) is 2.48. The van der Waals surface area contributed by atoms with Crippen LogP contribution in [0.4, 0.5) is 14.5 Å². The fourth-order valence-electron chi connectivity index (χ4n) is 1.81. The minimum atomic E-state index is -0.607. The fourth-order valence-corrected chi connectivity index (χ4v) is 2.59. The molecule has 0 aliphatic carbocycles.